The number of nitrogens with zero attached hydrogens (tertiary/aromatic N) is 5. The van der Waals surface area contributed by atoms with E-state index in [1.165, 1.54) is 29.4 Å². The van der Waals surface area contributed by atoms with E-state index in [2.05, 4.69) is 35.6 Å². The fraction of sp³-hybridized carbons (Fsp3) is 0.348. The average Bonchev–Trinajstić information content (AvgIpc) is 3.54. The molecule has 2 aliphatic rings. The van der Waals surface area contributed by atoms with Gasteiger partial charge in [0, 0.05) is 31.1 Å². The van der Waals surface area contributed by atoms with E-state index in [9.17, 15) is 14.3 Å². The van der Waals surface area contributed by atoms with E-state index in [0.717, 1.165) is 13.0 Å². The Balaban J connectivity index is 1.58. The Kier molecular flexibility index (Phi) is 4.92. The summed E-state index contributed by atoms with van der Waals surface area (Å²) >= 11 is 0. The van der Waals surface area contributed by atoms with Crippen molar-refractivity contribution in [2.75, 3.05) is 23.8 Å². The molecule has 2 bridgehead atoms. The van der Waals surface area contributed by atoms with Crippen LogP contribution in [0.2, 0.25) is 0 Å². The second-order valence-corrected chi connectivity index (χ2v) is 8.93. The maximum absolute atomic E-state index is 14.5. The number of aromatic amines is 1. The van der Waals surface area contributed by atoms with Crippen LogP contribution in [0.25, 0.3) is 21.9 Å². The lowest BCUT2D eigenvalue weighted by Crippen LogP contribution is -2.47. The molecule has 4 aromatic rings. The third-order valence-corrected chi connectivity index (χ3v) is 6.81. The van der Waals surface area contributed by atoms with Crippen LogP contribution in [0.1, 0.15) is 18.7 Å². The molecule has 1 aliphatic heterocycles. The zero-order valence-electron chi connectivity index (χ0n) is 19.0. The maximum atomic E-state index is 14.5. The lowest BCUT2D eigenvalue weighted by atomic mass is 10.0. The van der Waals surface area contributed by atoms with Gasteiger partial charge in [-0.1, -0.05) is 0 Å². The number of piperidine rings is 1. The first-order valence-corrected chi connectivity index (χ1v) is 11.3. The van der Waals surface area contributed by atoms with E-state index in [1.807, 2.05) is 0 Å². The summed E-state index contributed by atoms with van der Waals surface area (Å²) < 4.78 is 20.4. The van der Waals surface area contributed by atoms with Gasteiger partial charge in [-0.3, -0.25) is 4.90 Å². The number of nitrogens with one attached hydrogen (secondary N) is 3. The second-order valence-electron chi connectivity index (χ2n) is 8.93. The summed E-state index contributed by atoms with van der Waals surface area (Å²) in [6.45, 7) is 2.49. The number of anilines is 2. The summed E-state index contributed by atoms with van der Waals surface area (Å²) in [6, 6.07) is 2.65. The fourth-order valence-electron chi connectivity index (χ4n) is 5.29. The van der Waals surface area contributed by atoms with Gasteiger partial charge in [-0.05, 0) is 37.8 Å². The van der Waals surface area contributed by atoms with Gasteiger partial charge >= 0.3 is 12.1 Å². The number of carbonyl (C=O) groups is 1. The van der Waals surface area contributed by atoms with Crippen molar-refractivity contribution in [2.24, 2.45) is 5.92 Å². The number of hydrogen-bond donors (Lipinski definition) is 4. The molecule has 180 valence electrons. The van der Waals surface area contributed by atoms with Gasteiger partial charge in [-0.25, -0.2) is 19.2 Å². The molecule has 1 saturated heterocycles. The van der Waals surface area contributed by atoms with Gasteiger partial charge in [-0.2, -0.15) is 9.97 Å². The number of benzene rings is 1. The fourth-order valence-corrected chi connectivity index (χ4v) is 5.29. The van der Waals surface area contributed by atoms with E-state index in [-0.39, 0.29) is 29.8 Å². The number of aromatic nitrogens is 5. The number of H-pyrrole nitrogens is 1. The molecule has 0 spiro atoms. The highest BCUT2D eigenvalue weighted by atomic mass is 19.1. The van der Waals surface area contributed by atoms with Crippen LogP contribution >= 0.6 is 0 Å². The average molecular weight is 478 g/mol. The summed E-state index contributed by atoms with van der Waals surface area (Å²) in [5.74, 6) is 0.739. The molecule has 35 heavy (non-hydrogen) atoms. The van der Waals surface area contributed by atoms with Crippen molar-refractivity contribution in [3.05, 3.63) is 36.2 Å². The predicted octanol–water partition coefficient (Wildman–Crippen LogP) is 3.42. The first-order valence-electron chi connectivity index (χ1n) is 11.3. The first kappa shape index (κ1) is 21.5. The van der Waals surface area contributed by atoms with Gasteiger partial charge in [0.15, 0.2) is 11.6 Å². The lowest BCUT2D eigenvalue weighted by molar-refractivity contribution is 0.195. The Bertz CT molecular complexity index is 1460. The van der Waals surface area contributed by atoms with Gasteiger partial charge in [0.05, 0.1) is 29.0 Å². The van der Waals surface area contributed by atoms with Crippen LogP contribution in [0.4, 0.5) is 20.7 Å². The van der Waals surface area contributed by atoms with E-state index < -0.39 is 11.9 Å². The third-order valence-electron chi connectivity index (χ3n) is 6.81. The van der Waals surface area contributed by atoms with E-state index in [0.29, 0.717) is 45.6 Å². The second kappa shape index (κ2) is 8.01. The van der Waals surface area contributed by atoms with Crippen molar-refractivity contribution < 1.29 is 19.0 Å². The van der Waals surface area contributed by atoms with Crippen LogP contribution in [0.15, 0.2) is 24.5 Å². The van der Waals surface area contributed by atoms with Gasteiger partial charge in [0.2, 0.25) is 0 Å². The Morgan fingerprint density at radius 2 is 2.06 bits per heavy atom. The molecule has 11 nitrogen and oxygen atoms in total. The number of carboxylic acid groups (broad SMARTS) is 1. The number of aryl methyl sites for hydroxylation is 1. The molecule has 2 fully saturated rings. The summed E-state index contributed by atoms with van der Waals surface area (Å²) in [7, 11) is 1.68. The van der Waals surface area contributed by atoms with Gasteiger partial charge in [0.1, 0.15) is 17.3 Å². The molecule has 1 aliphatic carbocycles. The third kappa shape index (κ3) is 3.57. The Morgan fingerprint density at radius 1 is 1.26 bits per heavy atom. The van der Waals surface area contributed by atoms with Crippen molar-refractivity contribution in [1.29, 1.82) is 0 Å². The summed E-state index contributed by atoms with van der Waals surface area (Å²) in [6.07, 6.45) is 3.42. The topological polar surface area (TPSA) is 141 Å². The quantitative estimate of drug-likeness (QED) is 0.339. The van der Waals surface area contributed by atoms with Crippen LogP contribution in [0, 0.1) is 18.7 Å². The van der Waals surface area contributed by atoms with Crippen molar-refractivity contribution in [3.8, 4) is 11.8 Å². The first-order chi connectivity index (χ1) is 16.9. The summed E-state index contributed by atoms with van der Waals surface area (Å²) in [5, 5.41) is 17.6. The zero-order valence-corrected chi connectivity index (χ0v) is 19.0. The van der Waals surface area contributed by atoms with E-state index >= 15 is 0 Å². The van der Waals surface area contributed by atoms with Crippen molar-refractivity contribution in [1.82, 2.24) is 30.2 Å². The molecule has 6 rings (SSSR count). The van der Waals surface area contributed by atoms with Crippen LogP contribution in [-0.2, 0) is 0 Å². The molecule has 0 radical (unpaired) electrons. The molecule has 3 aromatic heterocycles. The minimum Gasteiger partial charge on any atom is -0.465 e. The van der Waals surface area contributed by atoms with E-state index in [4.69, 9.17) is 4.74 Å². The predicted molar refractivity (Wildman–Crippen MR) is 127 cm³/mol. The molecule has 4 heterocycles. The standard InChI is InChI=1S/C23H23FN8O3/c1-10-26-8-14(9-27-10)35-22-30-20-18(15-4-12(24)5-16(25-2)19(15)29-20)21(31-22)32(23(33)34)17-6-13-3-11(17)7-28-13/h4-5,8-9,11,13,17,25,28H,3,6-7H2,1-2H3,(H,33,34)(H,29,30,31)/t11-,13?,17-/m1/s1. The smallest absolute Gasteiger partial charge is 0.413 e. The monoisotopic (exact) mass is 478 g/mol. The number of amides is 1. The number of hydrogen-bond acceptors (Lipinski definition) is 8. The van der Waals surface area contributed by atoms with Crippen LogP contribution < -0.4 is 20.3 Å². The maximum Gasteiger partial charge on any atom is 0.413 e. The normalized spacial score (nSPS) is 21.1. The Labute approximate surface area is 198 Å². The van der Waals surface area contributed by atoms with E-state index in [1.54, 1.807) is 14.0 Å². The highest BCUT2D eigenvalue weighted by molar-refractivity contribution is 6.16. The minimum absolute atomic E-state index is 0.0643. The zero-order chi connectivity index (χ0) is 24.3. The molecule has 1 saturated carbocycles. The largest absolute Gasteiger partial charge is 0.465 e. The van der Waals surface area contributed by atoms with Gasteiger partial charge < -0.3 is 25.5 Å². The van der Waals surface area contributed by atoms with Crippen molar-refractivity contribution in [2.45, 2.75) is 31.8 Å². The molecule has 1 amide bonds. The molecule has 1 unspecified atom stereocenters. The summed E-state index contributed by atoms with van der Waals surface area (Å²) in [4.78, 5) is 34.4. The Morgan fingerprint density at radius 3 is 2.71 bits per heavy atom. The number of rotatable bonds is 5. The van der Waals surface area contributed by atoms with Crippen molar-refractivity contribution >= 4 is 39.5 Å². The van der Waals surface area contributed by atoms with Crippen LogP contribution in [-0.4, -0.2) is 61.8 Å². The van der Waals surface area contributed by atoms with Gasteiger partial charge in [-0.15, -0.1) is 0 Å². The number of halogens is 1. The van der Waals surface area contributed by atoms with Crippen LogP contribution in [0.3, 0.4) is 0 Å². The van der Waals surface area contributed by atoms with Gasteiger partial charge in [0.25, 0.3) is 0 Å². The molecule has 1 aromatic carbocycles. The highest BCUT2D eigenvalue weighted by Crippen LogP contribution is 2.42. The number of fused-ring (bicyclic) bond motifs is 5. The summed E-state index contributed by atoms with van der Waals surface area (Å²) in [5.41, 5.74) is 1.45. The van der Waals surface area contributed by atoms with Crippen LogP contribution in [0.5, 0.6) is 11.8 Å². The molecule has 3 atom stereocenters. The number of ether oxygens (including phenoxy) is 1. The lowest BCUT2D eigenvalue weighted by Gasteiger charge is -2.32. The molecule has 4 N–H and O–H groups in total. The molecule has 12 heteroatoms. The SMILES string of the molecule is CNc1cc(F)cc2c1[nH]c1nc(Oc3cnc(C)nc3)nc(N(C(=O)O)[C@@H]3CC4C[C@@H]3CN4)c12. The Hall–Kier alpha value is -4.06. The molecular formula is C23H23FN8O3. The highest BCUT2D eigenvalue weighted by Gasteiger charge is 2.45. The van der Waals surface area contributed by atoms with Crippen molar-refractivity contribution in [3.63, 3.8) is 0 Å². The molecular weight excluding hydrogens is 455 g/mol. The minimum atomic E-state index is -1.13.